The average Bonchev–Trinajstić information content (AvgIpc) is 3.62. The van der Waals surface area contributed by atoms with Gasteiger partial charge in [-0.15, -0.1) is 0 Å². The van der Waals surface area contributed by atoms with Crippen molar-refractivity contribution >= 4 is 5.82 Å². The van der Waals surface area contributed by atoms with Gasteiger partial charge >= 0.3 is 0 Å². The lowest BCUT2D eigenvalue weighted by atomic mass is 9.82. The highest BCUT2D eigenvalue weighted by Gasteiger charge is 2.45. The van der Waals surface area contributed by atoms with Crippen molar-refractivity contribution in [3.63, 3.8) is 0 Å². The Bertz CT molecular complexity index is 1320. The van der Waals surface area contributed by atoms with E-state index in [9.17, 15) is 4.39 Å². The van der Waals surface area contributed by atoms with Gasteiger partial charge in [0.2, 0.25) is 0 Å². The number of nitrogens with zero attached hydrogens (tertiary/aromatic N) is 5. The van der Waals surface area contributed by atoms with Crippen LogP contribution < -0.4 is 10.5 Å². The Kier molecular flexibility index (Phi) is 5.06. The maximum Gasteiger partial charge on any atom is 0.166 e. The number of aryl methyl sites for hydroxylation is 1. The van der Waals surface area contributed by atoms with Crippen molar-refractivity contribution in [2.75, 3.05) is 18.8 Å². The summed E-state index contributed by atoms with van der Waals surface area (Å²) in [7, 11) is 0. The Balaban J connectivity index is 1.21. The monoisotopic (exact) mass is 459 g/mol. The van der Waals surface area contributed by atoms with Crippen LogP contribution in [0.15, 0.2) is 55.0 Å². The quantitative estimate of drug-likeness (QED) is 0.458. The molecule has 34 heavy (non-hydrogen) atoms. The maximum absolute atomic E-state index is 14.0. The van der Waals surface area contributed by atoms with Crippen LogP contribution in [0.1, 0.15) is 29.9 Å². The second kappa shape index (κ2) is 8.25. The number of nitrogens with two attached hydrogens (primary N) is 1. The third-order valence-electron chi connectivity index (χ3n) is 7.01. The van der Waals surface area contributed by atoms with Crippen molar-refractivity contribution in [3.05, 3.63) is 77.9 Å². The second-order valence-corrected chi connectivity index (χ2v) is 9.15. The molecule has 4 aromatic rings. The van der Waals surface area contributed by atoms with Crippen LogP contribution >= 0.6 is 0 Å². The van der Waals surface area contributed by atoms with Crippen LogP contribution in [0.4, 0.5) is 10.2 Å². The fourth-order valence-corrected chi connectivity index (χ4v) is 5.19. The van der Waals surface area contributed by atoms with E-state index < -0.39 is 0 Å². The van der Waals surface area contributed by atoms with Crippen LogP contribution in [0.3, 0.4) is 0 Å². The average molecular weight is 460 g/mol. The molecule has 1 aromatic carbocycles. The number of pyridine rings is 1. The largest absolute Gasteiger partial charge is 0.485 e. The molecule has 0 aliphatic carbocycles. The number of aromatic amines is 1. The Hall–Kier alpha value is -3.72. The number of imidazole rings is 1. The van der Waals surface area contributed by atoms with Crippen LogP contribution in [0, 0.1) is 5.82 Å². The molecule has 1 spiro atoms. The summed E-state index contributed by atoms with van der Waals surface area (Å²) < 4.78 is 21.9. The van der Waals surface area contributed by atoms with E-state index in [1.165, 1.54) is 11.8 Å². The van der Waals surface area contributed by atoms with E-state index in [1.54, 1.807) is 30.6 Å². The van der Waals surface area contributed by atoms with Gasteiger partial charge in [0.1, 0.15) is 18.2 Å². The first kappa shape index (κ1) is 20.9. The minimum absolute atomic E-state index is 0.0797. The molecule has 0 saturated carbocycles. The number of nitrogens with one attached hydrogen (secondary N) is 1. The molecular weight excluding hydrogens is 433 g/mol. The minimum Gasteiger partial charge on any atom is -0.485 e. The number of H-pyrrole nitrogens is 1. The molecule has 5 heterocycles. The number of hydrogen-bond acceptors (Lipinski definition) is 6. The highest BCUT2D eigenvalue weighted by atomic mass is 19.1. The van der Waals surface area contributed by atoms with Gasteiger partial charge in [-0.25, -0.2) is 14.4 Å². The number of likely N-dealkylation sites (tertiary alicyclic amines) is 1. The van der Waals surface area contributed by atoms with E-state index in [2.05, 4.69) is 30.6 Å². The molecular formula is C25H26FN7O. The summed E-state index contributed by atoms with van der Waals surface area (Å²) in [5.74, 6) is 1.39. The van der Waals surface area contributed by atoms with E-state index in [0.29, 0.717) is 11.3 Å². The zero-order valence-corrected chi connectivity index (χ0v) is 18.7. The normalized spacial score (nSPS) is 19.7. The Morgan fingerprint density at radius 1 is 1.15 bits per heavy atom. The van der Waals surface area contributed by atoms with Gasteiger partial charge in [0.05, 0.1) is 12.2 Å². The third-order valence-corrected chi connectivity index (χ3v) is 7.01. The van der Waals surface area contributed by atoms with Crippen LogP contribution in [-0.2, 0) is 25.1 Å². The Morgan fingerprint density at radius 2 is 2.03 bits per heavy atom. The summed E-state index contributed by atoms with van der Waals surface area (Å²) in [6.45, 7) is 3.86. The molecule has 8 nitrogen and oxygen atoms in total. The van der Waals surface area contributed by atoms with Gasteiger partial charge in [-0.05, 0) is 37.6 Å². The van der Waals surface area contributed by atoms with Gasteiger partial charge in [0.25, 0.3) is 0 Å². The van der Waals surface area contributed by atoms with Crippen LogP contribution in [0.25, 0.3) is 11.3 Å². The summed E-state index contributed by atoms with van der Waals surface area (Å²) in [5.41, 5.74) is 9.58. The van der Waals surface area contributed by atoms with E-state index >= 15 is 0 Å². The number of benzene rings is 1. The molecule has 0 amide bonds. The van der Waals surface area contributed by atoms with Crippen molar-refractivity contribution in [1.82, 2.24) is 29.6 Å². The summed E-state index contributed by atoms with van der Waals surface area (Å²) in [6, 6.07) is 10.6. The van der Waals surface area contributed by atoms with E-state index in [4.69, 9.17) is 15.6 Å². The zero-order valence-electron chi connectivity index (χ0n) is 18.7. The summed E-state index contributed by atoms with van der Waals surface area (Å²) in [6.07, 6.45) is 7.59. The van der Waals surface area contributed by atoms with Gasteiger partial charge in [-0.2, -0.15) is 5.10 Å². The zero-order chi connectivity index (χ0) is 23.1. The van der Waals surface area contributed by atoms with Crippen LogP contribution in [0.2, 0.25) is 0 Å². The van der Waals surface area contributed by atoms with Crippen molar-refractivity contribution in [3.8, 4) is 17.0 Å². The molecule has 3 aromatic heterocycles. The number of rotatable bonds is 6. The van der Waals surface area contributed by atoms with E-state index in [-0.39, 0.29) is 23.7 Å². The molecule has 1 saturated heterocycles. The number of anilines is 1. The lowest BCUT2D eigenvalue weighted by Crippen LogP contribution is -2.29. The molecule has 0 bridgehead atoms. The molecule has 6 rings (SSSR count). The first-order valence-electron chi connectivity index (χ1n) is 11.5. The lowest BCUT2D eigenvalue weighted by Gasteiger charge is -2.23. The minimum atomic E-state index is -0.307. The smallest absolute Gasteiger partial charge is 0.166 e. The van der Waals surface area contributed by atoms with Gasteiger partial charge in [-0.3, -0.25) is 9.58 Å². The predicted octanol–water partition coefficient (Wildman–Crippen LogP) is 3.52. The molecule has 0 unspecified atom stereocenters. The van der Waals surface area contributed by atoms with Gasteiger partial charge < -0.3 is 15.5 Å². The number of ether oxygens (including phenoxy) is 1. The first-order valence-corrected chi connectivity index (χ1v) is 11.5. The fraction of sp³-hybridized carbons (Fsp3) is 0.320. The van der Waals surface area contributed by atoms with Crippen molar-refractivity contribution in [1.29, 1.82) is 0 Å². The lowest BCUT2D eigenvalue weighted by molar-refractivity contribution is 0.295. The van der Waals surface area contributed by atoms with Crippen molar-refractivity contribution < 1.29 is 9.13 Å². The summed E-state index contributed by atoms with van der Waals surface area (Å²) in [4.78, 5) is 14.3. The van der Waals surface area contributed by atoms with E-state index in [1.807, 2.05) is 12.3 Å². The molecule has 9 heteroatoms. The molecule has 3 N–H and O–H groups in total. The van der Waals surface area contributed by atoms with Gasteiger partial charge in [0, 0.05) is 53.9 Å². The highest BCUT2D eigenvalue weighted by Crippen LogP contribution is 2.44. The number of nitrogen functional groups attached to an aromatic ring is 1. The van der Waals surface area contributed by atoms with E-state index in [0.717, 1.165) is 56.1 Å². The van der Waals surface area contributed by atoms with Gasteiger partial charge in [-0.1, -0.05) is 18.2 Å². The number of halogens is 1. The second-order valence-electron chi connectivity index (χ2n) is 9.15. The number of aromatic nitrogens is 5. The molecule has 0 radical (unpaired) electrons. The van der Waals surface area contributed by atoms with Crippen molar-refractivity contribution in [2.24, 2.45) is 0 Å². The number of fused-ring (bicyclic) bond motifs is 2. The maximum atomic E-state index is 14.0. The molecule has 174 valence electrons. The van der Waals surface area contributed by atoms with Crippen molar-refractivity contribution in [2.45, 2.75) is 38.0 Å². The summed E-state index contributed by atoms with van der Waals surface area (Å²) in [5, 5.41) is 4.87. The van der Waals surface area contributed by atoms with Gasteiger partial charge in [0.15, 0.2) is 11.6 Å². The Labute approximate surface area is 196 Å². The molecule has 2 aliphatic heterocycles. The highest BCUT2D eigenvalue weighted by molar-refractivity contribution is 5.64. The third kappa shape index (κ3) is 3.71. The summed E-state index contributed by atoms with van der Waals surface area (Å²) >= 11 is 0. The SMILES string of the molecule is Nc1ncc(-c2cc3n(n2)CC[C@@]32CCN(Cc3ncc[nH]3)C2)cc1OCc1ccccc1F. The standard InChI is InChI=1S/C25H26FN7O/c26-19-4-2-1-3-17(19)15-34-21-11-18(13-30-24(21)27)20-12-22-25(6-10-33(22)31-20)5-9-32(16-25)14-23-28-7-8-29-23/h1-4,7-8,11-13H,5-6,9-10,14-16H2,(H2,27,30)(H,28,29)/t25-/m1/s1. The molecule has 1 atom stereocenters. The Morgan fingerprint density at radius 3 is 2.88 bits per heavy atom. The van der Waals surface area contributed by atoms with Crippen LogP contribution in [-0.4, -0.2) is 42.7 Å². The number of hydrogen-bond donors (Lipinski definition) is 2. The van der Waals surface area contributed by atoms with Crippen LogP contribution in [0.5, 0.6) is 5.75 Å². The predicted molar refractivity (Wildman–Crippen MR) is 125 cm³/mol. The topological polar surface area (TPSA) is 97.9 Å². The molecule has 1 fully saturated rings. The first-order chi connectivity index (χ1) is 16.6. The fourth-order valence-electron chi connectivity index (χ4n) is 5.19. The molecule has 2 aliphatic rings.